The van der Waals surface area contributed by atoms with Crippen LogP contribution in [0, 0.1) is 0 Å². The van der Waals surface area contributed by atoms with Crippen LogP contribution >= 0.6 is 0 Å². The van der Waals surface area contributed by atoms with Gasteiger partial charge < -0.3 is 21.1 Å². The Kier molecular flexibility index (Phi) is 6.30. The van der Waals surface area contributed by atoms with Crippen LogP contribution in [0.1, 0.15) is 12.1 Å². The number of aliphatic carboxylic acids is 1. The summed E-state index contributed by atoms with van der Waals surface area (Å²) in [6.07, 6.45) is 2.33. The molecule has 19 heavy (non-hydrogen) atoms. The van der Waals surface area contributed by atoms with Gasteiger partial charge in [-0.05, 0) is 20.0 Å². The molecule has 9 heteroatoms. The molecule has 0 saturated carbocycles. The highest BCUT2D eigenvalue weighted by atomic mass is 16.4. The fraction of sp³-hybridized carbons (Fsp3) is 0.600. The zero-order chi connectivity index (χ0) is 14.1. The first-order valence-corrected chi connectivity index (χ1v) is 5.89. The highest BCUT2D eigenvalue weighted by Gasteiger charge is 2.05. The fourth-order valence-corrected chi connectivity index (χ4v) is 1.34. The zero-order valence-electron chi connectivity index (χ0n) is 10.7. The van der Waals surface area contributed by atoms with Gasteiger partial charge in [-0.1, -0.05) is 5.21 Å². The van der Waals surface area contributed by atoms with Gasteiger partial charge in [-0.25, -0.2) is 9.48 Å². The lowest BCUT2D eigenvalue weighted by Gasteiger charge is -2.05. The number of carbonyl (C=O) groups excluding carboxylic acids is 1. The molecule has 0 aliphatic carbocycles. The Morgan fingerprint density at radius 3 is 2.84 bits per heavy atom. The average Bonchev–Trinajstić information content (AvgIpc) is 2.79. The largest absolute Gasteiger partial charge is 0.480 e. The van der Waals surface area contributed by atoms with Gasteiger partial charge in [0.2, 0.25) is 0 Å². The van der Waals surface area contributed by atoms with E-state index in [0.717, 1.165) is 13.0 Å². The maximum atomic E-state index is 11.4. The Morgan fingerprint density at radius 1 is 1.37 bits per heavy atom. The topological polar surface area (TPSA) is 121 Å². The summed E-state index contributed by atoms with van der Waals surface area (Å²) in [6.45, 7) is 1.38. The summed E-state index contributed by atoms with van der Waals surface area (Å²) in [5, 5.41) is 24.2. The summed E-state index contributed by atoms with van der Waals surface area (Å²) in [5.74, 6) is -0.994. The van der Waals surface area contributed by atoms with Crippen LogP contribution in [0.5, 0.6) is 0 Å². The van der Waals surface area contributed by atoms with Crippen LogP contribution in [0.25, 0.3) is 0 Å². The van der Waals surface area contributed by atoms with Crippen molar-refractivity contribution in [3.05, 3.63) is 11.9 Å². The van der Waals surface area contributed by atoms with Crippen molar-refractivity contribution in [2.24, 2.45) is 0 Å². The number of carboxylic acids is 1. The van der Waals surface area contributed by atoms with Gasteiger partial charge >= 0.3 is 12.0 Å². The first-order chi connectivity index (χ1) is 9.11. The Hall–Kier alpha value is -2.16. The highest BCUT2D eigenvalue weighted by molar-refractivity contribution is 5.73. The van der Waals surface area contributed by atoms with Crippen molar-refractivity contribution in [2.45, 2.75) is 19.5 Å². The van der Waals surface area contributed by atoms with Gasteiger partial charge in [-0.3, -0.25) is 4.79 Å². The van der Waals surface area contributed by atoms with Crippen LogP contribution in [0.2, 0.25) is 0 Å². The van der Waals surface area contributed by atoms with E-state index in [1.165, 1.54) is 10.9 Å². The lowest BCUT2D eigenvalue weighted by Crippen LogP contribution is -2.36. The number of nitrogens with zero attached hydrogens (tertiary/aromatic N) is 3. The van der Waals surface area contributed by atoms with Crippen molar-refractivity contribution < 1.29 is 14.7 Å². The zero-order valence-corrected chi connectivity index (χ0v) is 10.7. The molecule has 0 aromatic carbocycles. The van der Waals surface area contributed by atoms with E-state index in [2.05, 4.69) is 26.3 Å². The van der Waals surface area contributed by atoms with E-state index in [1.807, 2.05) is 7.05 Å². The Balaban J connectivity index is 2.22. The van der Waals surface area contributed by atoms with Crippen LogP contribution in [-0.4, -0.2) is 52.2 Å². The van der Waals surface area contributed by atoms with Crippen LogP contribution in [-0.2, 0) is 17.9 Å². The molecule has 0 aliphatic rings. The number of aromatic nitrogens is 3. The van der Waals surface area contributed by atoms with E-state index in [9.17, 15) is 9.59 Å². The summed E-state index contributed by atoms with van der Waals surface area (Å²) >= 11 is 0. The molecule has 1 rings (SSSR count). The number of nitrogens with one attached hydrogen (secondary N) is 3. The highest BCUT2D eigenvalue weighted by Crippen LogP contribution is 1.92. The first-order valence-electron chi connectivity index (χ1n) is 5.89. The second-order valence-electron chi connectivity index (χ2n) is 3.87. The molecule has 4 N–H and O–H groups in total. The molecule has 0 spiro atoms. The van der Waals surface area contributed by atoms with Crippen LogP contribution in [0.4, 0.5) is 4.79 Å². The number of hydrogen-bond acceptors (Lipinski definition) is 5. The van der Waals surface area contributed by atoms with E-state index in [0.29, 0.717) is 12.2 Å². The molecular weight excluding hydrogens is 252 g/mol. The van der Waals surface area contributed by atoms with Crippen molar-refractivity contribution in [2.75, 3.05) is 20.1 Å². The van der Waals surface area contributed by atoms with Gasteiger partial charge in [0, 0.05) is 6.54 Å². The molecule has 1 aromatic heterocycles. The van der Waals surface area contributed by atoms with Crippen molar-refractivity contribution in [3.8, 4) is 0 Å². The van der Waals surface area contributed by atoms with Crippen molar-refractivity contribution in [1.82, 2.24) is 30.9 Å². The molecule has 1 aromatic rings. The molecule has 9 nitrogen and oxygen atoms in total. The minimum Gasteiger partial charge on any atom is -0.480 e. The maximum Gasteiger partial charge on any atom is 0.325 e. The first kappa shape index (κ1) is 14.9. The van der Waals surface area contributed by atoms with Gasteiger partial charge in [0.1, 0.15) is 12.2 Å². The van der Waals surface area contributed by atoms with E-state index in [-0.39, 0.29) is 19.1 Å². The Bertz CT molecular complexity index is 419. The standard InChI is InChI=1S/C10H18N6O3/c1-11-3-2-4-12-10(19)13-5-8-6-16(15-14-8)7-9(17)18/h6,11H,2-5,7H2,1H3,(H,17,18)(H2,12,13,19). The third kappa shape index (κ3) is 6.36. The minimum atomic E-state index is -0.994. The van der Waals surface area contributed by atoms with Crippen LogP contribution in [0.15, 0.2) is 6.20 Å². The van der Waals surface area contributed by atoms with Gasteiger partial charge in [0.15, 0.2) is 0 Å². The molecule has 1 heterocycles. The molecule has 0 saturated heterocycles. The molecule has 0 fully saturated rings. The second kappa shape index (κ2) is 8.03. The number of amides is 2. The monoisotopic (exact) mass is 270 g/mol. The second-order valence-corrected chi connectivity index (χ2v) is 3.87. The number of carbonyl (C=O) groups is 2. The van der Waals surface area contributed by atoms with E-state index >= 15 is 0 Å². The van der Waals surface area contributed by atoms with Gasteiger partial charge in [0.05, 0.1) is 12.7 Å². The third-order valence-electron chi connectivity index (χ3n) is 2.20. The molecule has 0 unspecified atom stereocenters. The molecule has 0 bridgehead atoms. The molecular formula is C10H18N6O3. The van der Waals surface area contributed by atoms with E-state index in [4.69, 9.17) is 5.11 Å². The number of rotatable bonds is 8. The summed E-state index contributed by atoms with van der Waals surface area (Å²) < 4.78 is 1.20. The normalized spacial score (nSPS) is 10.2. The molecule has 0 aliphatic heterocycles. The Labute approximate surface area is 110 Å². The van der Waals surface area contributed by atoms with Crippen LogP contribution < -0.4 is 16.0 Å². The summed E-state index contributed by atoms with van der Waals surface area (Å²) in [4.78, 5) is 21.8. The summed E-state index contributed by atoms with van der Waals surface area (Å²) in [5.41, 5.74) is 0.506. The number of hydrogen-bond donors (Lipinski definition) is 4. The van der Waals surface area contributed by atoms with Gasteiger partial charge in [0.25, 0.3) is 0 Å². The smallest absolute Gasteiger partial charge is 0.325 e. The molecule has 2 amide bonds. The maximum absolute atomic E-state index is 11.4. The number of carboxylic acid groups (broad SMARTS) is 1. The van der Waals surface area contributed by atoms with Gasteiger partial charge in [-0.15, -0.1) is 5.10 Å². The van der Waals surface area contributed by atoms with Crippen molar-refractivity contribution >= 4 is 12.0 Å². The van der Waals surface area contributed by atoms with Crippen LogP contribution in [0.3, 0.4) is 0 Å². The summed E-state index contributed by atoms with van der Waals surface area (Å²) in [6, 6.07) is -0.288. The van der Waals surface area contributed by atoms with Crippen molar-refractivity contribution in [1.29, 1.82) is 0 Å². The minimum absolute atomic E-state index is 0.206. The van der Waals surface area contributed by atoms with E-state index < -0.39 is 5.97 Å². The van der Waals surface area contributed by atoms with E-state index in [1.54, 1.807) is 0 Å². The molecule has 0 radical (unpaired) electrons. The predicted molar refractivity (Wildman–Crippen MR) is 66.4 cm³/mol. The fourth-order valence-electron chi connectivity index (χ4n) is 1.34. The SMILES string of the molecule is CNCCCNC(=O)NCc1cn(CC(=O)O)nn1. The third-order valence-corrected chi connectivity index (χ3v) is 2.20. The van der Waals surface area contributed by atoms with Gasteiger partial charge in [-0.2, -0.15) is 0 Å². The molecule has 0 atom stereocenters. The molecule has 106 valence electrons. The predicted octanol–water partition coefficient (Wildman–Crippen LogP) is -1.23. The lowest BCUT2D eigenvalue weighted by molar-refractivity contribution is -0.137. The lowest BCUT2D eigenvalue weighted by atomic mass is 10.4. The Morgan fingerprint density at radius 2 is 2.16 bits per heavy atom. The number of urea groups is 1. The quantitative estimate of drug-likeness (QED) is 0.439. The average molecular weight is 270 g/mol. The van der Waals surface area contributed by atoms with Crippen molar-refractivity contribution in [3.63, 3.8) is 0 Å². The summed E-state index contributed by atoms with van der Waals surface area (Å²) in [7, 11) is 1.85.